The van der Waals surface area contributed by atoms with Gasteiger partial charge in [-0.15, -0.1) is 0 Å². The van der Waals surface area contributed by atoms with Crippen molar-refractivity contribution in [1.82, 2.24) is 13.9 Å². The highest BCUT2D eigenvalue weighted by molar-refractivity contribution is 7.98. The fourth-order valence-electron chi connectivity index (χ4n) is 1.92. The lowest BCUT2D eigenvalue weighted by Gasteiger charge is -2.34. The second kappa shape index (κ2) is 6.94. The first kappa shape index (κ1) is 15.2. The van der Waals surface area contributed by atoms with Gasteiger partial charge in [0.05, 0.1) is 0 Å². The molecule has 1 unspecified atom stereocenters. The molecule has 1 saturated heterocycles. The number of hydrogen-bond acceptors (Lipinski definition) is 4. The molecule has 1 atom stereocenters. The molecular weight excluding hydrogens is 258 g/mol. The molecule has 0 radical (unpaired) electrons. The molecule has 1 rings (SSSR count). The molecule has 0 aliphatic carbocycles. The van der Waals surface area contributed by atoms with Gasteiger partial charge in [-0.1, -0.05) is 6.92 Å². The molecule has 1 N–H and O–H groups in total. The van der Waals surface area contributed by atoms with Crippen molar-refractivity contribution >= 4 is 22.0 Å². The van der Waals surface area contributed by atoms with Crippen LogP contribution in [0, 0.1) is 0 Å². The zero-order chi connectivity index (χ0) is 12.9. The molecule has 7 heteroatoms. The van der Waals surface area contributed by atoms with E-state index in [0.29, 0.717) is 13.1 Å². The molecule has 0 bridgehead atoms. The number of hydrogen-bond donors (Lipinski definition) is 1. The Balaban J connectivity index is 2.73. The number of piperazine rings is 1. The summed E-state index contributed by atoms with van der Waals surface area (Å²) in [5.41, 5.74) is 0. The van der Waals surface area contributed by atoms with Gasteiger partial charge in [0, 0.05) is 45.0 Å². The second-order valence-electron chi connectivity index (χ2n) is 4.19. The molecule has 0 spiro atoms. The Morgan fingerprint density at radius 2 is 2.00 bits per heavy atom. The maximum Gasteiger partial charge on any atom is 0.282 e. The van der Waals surface area contributed by atoms with Crippen LogP contribution >= 0.6 is 11.8 Å². The second-order valence-corrected chi connectivity index (χ2v) is 7.09. The Kier molecular flexibility index (Phi) is 6.22. The van der Waals surface area contributed by atoms with Crippen LogP contribution in [0.25, 0.3) is 0 Å². The molecule has 1 heterocycles. The molecule has 1 aliphatic heterocycles. The zero-order valence-electron chi connectivity index (χ0n) is 10.8. The normalized spacial score (nSPS) is 20.7. The average Bonchev–Trinajstić information content (AvgIpc) is 2.36. The Morgan fingerprint density at radius 3 is 2.47 bits per heavy atom. The topological polar surface area (TPSA) is 52.7 Å². The van der Waals surface area contributed by atoms with Gasteiger partial charge in [-0.05, 0) is 12.7 Å². The van der Waals surface area contributed by atoms with Crippen molar-refractivity contribution in [3.63, 3.8) is 0 Å². The lowest BCUT2D eigenvalue weighted by atomic mass is 10.3. The summed E-state index contributed by atoms with van der Waals surface area (Å²) in [5.74, 6) is 0.846. The number of nitrogens with zero attached hydrogens (tertiary/aromatic N) is 2. The molecule has 0 saturated carbocycles. The van der Waals surface area contributed by atoms with Gasteiger partial charge >= 0.3 is 0 Å². The lowest BCUT2D eigenvalue weighted by Crippen LogP contribution is -2.53. The van der Waals surface area contributed by atoms with E-state index < -0.39 is 10.2 Å². The highest BCUT2D eigenvalue weighted by atomic mass is 32.2. The van der Waals surface area contributed by atoms with Crippen molar-refractivity contribution in [2.24, 2.45) is 0 Å². The van der Waals surface area contributed by atoms with E-state index in [0.717, 1.165) is 25.3 Å². The van der Waals surface area contributed by atoms with Crippen LogP contribution in [0.4, 0.5) is 0 Å². The Labute approximate surface area is 109 Å². The first-order valence-corrected chi connectivity index (χ1v) is 8.75. The van der Waals surface area contributed by atoms with E-state index in [1.807, 2.05) is 13.2 Å². The summed E-state index contributed by atoms with van der Waals surface area (Å²) in [6, 6.07) is 0.0879. The summed E-state index contributed by atoms with van der Waals surface area (Å²) in [6.07, 6.45) is 2.86. The van der Waals surface area contributed by atoms with Crippen molar-refractivity contribution in [3.05, 3.63) is 0 Å². The largest absolute Gasteiger partial charge is 0.314 e. The lowest BCUT2D eigenvalue weighted by molar-refractivity contribution is 0.303. The Hall–Kier alpha value is 0.180. The minimum atomic E-state index is -3.28. The van der Waals surface area contributed by atoms with E-state index in [1.165, 1.54) is 4.31 Å². The molecule has 1 fully saturated rings. The van der Waals surface area contributed by atoms with Crippen LogP contribution in [0.15, 0.2) is 0 Å². The zero-order valence-corrected chi connectivity index (χ0v) is 12.5. The SMILES string of the molecule is CCC(CSC)N(C)S(=O)(=O)N1CCNCC1. The van der Waals surface area contributed by atoms with E-state index in [1.54, 1.807) is 23.1 Å². The highest BCUT2D eigenvalue weighted by Crippen LogP contribution is 2.16. The molecular formula is C10H23N3O2S2. The van der Waals surface area contributed by atoms with Gasteiger partial charge < -0.3 is 5.32 Å². The molecule has 0 aromatic carbocycles. The monoisotopic (exact) mass is 281 g/mol. The minimum Gasteiger partial charge on any atom is -0.314 e. The molecule has 17 heavy (non-hydrogen) atoms. The summed E-state index contributed by atoms with van der Waals surface area (Å²) >= 11 is 1.69. The smallest absolute Gasteiger partial charge is 0.282 e. The van der Waals surface area contributed by atoms with E-state index in [9.17, 15) is 8.42 Å². The fourth-order valence-corrected chi connectivity index (χ4v) is 4.46. The Morgan fingerprint density at radius 1 is 1.41 bits per heavy atom. The van der Waals surface area contributed by atoms with Gasteiger partial charge in [0.2, 0.25) is 0 Å². The van der Waals surface area contributed by atoms with Gasteiger partial charge in [-0.2, -0.15) is 28.8 Å². The van der Waals surface area contributed by atoms with Crippen LogP contribution < -0.4 is 5.32 Å². The van der Waals surface area contributed by atoms with Gasteiger partial charge in [0.1, 0.15) is 0 Å². The third-order valence-corrected chi connectivity index (χ3v) is 5.87. The molecule has 5 nitrogen and oxygen atoms in total. The van der Waals surface area contributed by atoms with Gasteiger partial charge in [0.15, 0.2) is 0 Å². The number of nitrogens with one attached hydrogen (secondary N) is 1. The summed E-state index contributed by atoms with van der Waals surface area (Å²) in [6.45, 7) is 4.66. The van der Waals surface area contributed by atoms with Crippen molar-refractivity contribution in [2.45, 2.75) is 19.4 Å². The van der Waals surface area contributed by atoms with Crippen LogP contribution in [0.2, 0.25) is 0 Å². The van der Waals surface area contributed by atoms with Gasteiger partial charge in [-0.25, -0.2) is 0 Å². The van der Waals surface area contributed by atoms with E-state index in [2.05, 4.69) is 5.32 Å². The maximum absolute atomic E-state index is 12.4. The molecule has 102 valence electrons. The Bertz CT molecular complexity index is 316. The van der Waals surface area contributed by atoms with Crippen molar-refractivity contribution in [2.75, 3.05) is 45.2 Å². The van der Waals surface area contributed by atoms with Crippen LogP contribution in [0.1, 0.15) is 13.3 Å². The average molecular weight is 281 g/mol. The van der Waals surface area contributed by atoms with E-state index >= 15 is 0 Å². The minimum absolute atomic E-state index is 0.0879. The van der Waals surface area contributed by atoms with Gasteiger partial charge in [0.25, 0.3) is 10.2 Å². The van der Waals surface area contributed by atoms with E-state index in [-0.39, 0.29) is 6.04 Å². The third-order valence-electron chi connectivity index (χ3n) is 3.11. The van der Waals surface area contributed by atoms with Crippen molar-refractivity contribution in [1.29, 1.82) is 0 Å². The third kappa shape index (κ3) is 3.82. The standard InChI is InChI=1S/C10H23N3O2S2/c1-4-10(9-16-3)12(2)17(14,15)13-7-5-11-6-8-13/h10-11H,4-9H2,1-3H3. The first-order chi connectivity index (χ1) is 8.04. The van der Waals surface area contributed by atoms with E-state index in [4.69, 9.17) is 0 Å². The summed E-state index contributed by atoms with van der Waals surface area (Å²) < 4.78 is 27.9. The van der Waals surface area contributed by atoms with Crippen LogP contribution in [-0.4, -0.2) is 68.3 Å². The van der Waals surface area contributed by atoms with Gasteiger partial charge in [-0.3, -0.25) is 0 Å². The molecule has 0 aromatic rings. The highest BCUT2D eigenvalue weighted by Gasteiger charge is 2.31. The van der Waals surface area contributed by atoms with Crippen LogP contribution in [-0.2, 0) is 10.2 Å². The maximum atomic E-state index is 12.4. The molecule has 1 aliphatic rings. The van der Waals surface area contributed by atoms with Crippen LogP contribution in [0.3, 0.4) is 0 Å². The fraction of sp³-hybridized carbons (Fsp3) is 1.00. The molecule has 0 aromatic heterocycles. The summed E-state index contributed by atoms with van der Waals surface area (Å²) in [7, 11) is -1.59. The summed E-state index contributed by atoms with van der Waals surface area (Å²) in [4.78, 5) is 0. The van der Waals surface area contributed by atoms with Crippen molar-refractivity contribution < 1.29 is 8.42 Å². The summed E-state index contributed by atoms with van der Waals surface area (Å²) in [5, 5.41) is 3.17. The van der Waals surface area contributed by atoms with Crippen molar-refractivity contribution in [3.8, 4) is 0 Å². The predicted octanol–water partition coefficient (Wildman–Crippen LogP) is 0.210. The predicted molar refractivity (Wildman–Crippen MR) is 73.6 cm³/mol. The number of rotatable bonds is 6. The molecule has 0 amide bonds. The van der Waals surface area contributed by atoms with Crippen LogP contribution in [0.5, 0.6) is 0 Å². The first-order valence-electron chi connectivity index (χ1n) is 5.96. The quantitative estimate of drug-likeness (QED) is 0.756. The number of thioether (sulfide) groups is 1.